The van der Waals surface area contributed by atoms with Gasteiger partial charge in [-0.1, -0.05) is 0 Å². The van der Waals surface area contributed by atoms with Crippen LogP contribution in [0.15, 0.2) is 12.1 Å². The van der Waals surface area contributed by atoms with E-state index in [2.05, 4.69) is 0 Å². The Bertz CT molecular complexity index is 350. The number of ether oxygens (including phenoxy) is 1. The number of benzene rings is 1. The number of carbonyl (C=O) groups excluding carboxylic acids is 1. The van der Waals surface area contributed by atoms with E-state index in [9.17, 15) is 9.18 Å². The van der Waals surface area contributed by atoms with Crippen LogP contribution in [-0.2, 0) is 0 Å². The van der Waals surface area contributed by atoms with Crippen LogP contribution in [0.5, 0.6) is 5.75 Å². The van der Waals surface area contributed by atoms with E-state index in [1.807, 2.05) is 0 Å². The number of carbonyl (C=O) groups is 1. The molecule has 1 amide bonds. The molecule has 0 heterocycles. The summed E-state index contributed by atoms with van der Waals surface area (Å²) < 4.78 is 18.0. The van der Waals surface area contributed by atoms with Crippen LogP contribution in [0.25, 0.3) is 0 Å². The summed E-state index contributed by atoms with van der Waals surface area (Å²) in [6.45, 7) is 1.71. The first-order chi connectivity index (χ1) is 6.06. The Morgan fingerprint density at radius 1 is 1.54 bits per heavy atom. The molecule has 2 N–H and O–H groups in total. The molecule has 70 valence electrons. The largest absolute Gasteiger partial charge is 0.496 e. The quantitative estimate of drug-likeness (QED) is 0.750. The number of methoxy groups -OCH3 is 1. The molecule has 4 heteroatoms. The van der Waals surface area contributed by atoms with Gasteiger partial charge in [-0.3, -0.25) is 4.79 Å². The molecular formula is C9H10FNO2. The highest BCUT2D eigenvalue weighted by atomic mass is 19.1. The van der Waals surface area contributed by atoms with Gasteiger partial charge in [0, 0.05) is 6.07 Å². The van der Waals surface area contributed by atoms with Gasteiger partial charge in [0.25, 0.3) is 5.91 Å². The summed E-state index contributed by atoms with van der Waals surface area (Å²) in [5, 5.41) is 0. The Hall–Kier alpha value is -1.58. The maximum atomic E-state index is 13.1. The predicted molar refractivity (Wildman–Crippen MR) is 46.2 cm³/mol. The standard InChI is InChI=1S/C9H10FNO2/c1-5-3-6(9(11)12)7(10)4-8(5)13-2/h3-4H,1-2H3,(H2,11,12). The zero-order valence-corrected chi connectivity index (χ0v) is 7.43. The average molecular weight is 183 g/mol. The number of amides is 1. The van der Waals surface area contributed by atoms with Gasteiger partial charge in [0.05, 0.1) is 12.7 Å². The van der Waals surface area contributed by atoms with Crippen LogP contribution < -0.4 is 10.5 Å². The molecule has 0 radical (unpaired) electrons. The van der Waals surface area contributed by atoms with E-state index in [0.717, 1.165) is 6.07 Å². The van der Waals surface area contributed by atoms with Crippen molar-refractivity contribution in [3.63, 3.8) is 0 Å². The monoisotopic (exact) mass is 183 g/mol. The maximum Gasteiger partial charge on any atom is 0.251 e. The number of rotatable bonds is 2. The van der Waals surface area contributed by atoms with Crippen molar-refractivity contribution in [3.8, 4) is 5.75 Å². The lowest BCUT2D eigenvalue weighted by Gasteiger charge is -2.06. The Morgan fingerprint density at radius 3 is 2.62 bits per heavy atom. The van der Waals surface area contributed by atoms with E-state index in [1.54, 1.807) is 6.92 Å². The van der Waals surface area contributed by atoms with Gasteiger partial charge in [-0.15, -0.1) is 0 Å². The summed E-state index contributed by atoms with van der Waals surface area (Å²) >= 11 is 0. The molecule has 0 saturated heterocycles. The Balaban J connectivity index is 3.28. The number of nitrogens with two attached hydrogens (primary N) is 1. The molecule has 0 spiro atoms. The molecule has 0 aliphatic carbocycles. The van der Waals surface area contributed by atoms with Crippen LogP contribution in [0.3, 0.4) is 0 Å². The minimum absolute atomic E-state index is 0.113. The highest BCUT2D eigenvalue weighted by molar-refractivity contribution is 5.93. The lowest BCUT2D eigenvalue weighted by atomic mass is 10.1. The highest BCUT2D eigenvalue weighted by Crippen LogP contribution is 2.21. The van der Waals surface area contributed by atoms with Gasteiger partial charge < -0.3 is 10.5 Å². The lowest BCUT2D eigenvalue weighted by molar-refractivity contribution is 0.0996. The van der Waals surface area contributed by atoms with E-state index in [0.29, 0.717) is 11.3 Å². The fraction of sp³-hybridized carbons (Fsp3) is 0.222. The minimum atomic E-state index is -0.775. The third kappa shape index (κ3) is 1.77. The molecule has 0 unspecified atom stereocenters. The van der Waals surface area contributed by atoms with E-state index in [4.69, 9.17) is 10.5 Å². The zero-order valence-electron chi connectivity index (χ0n) is 7.43. The van der Waals surface area contributed by atoms with Crippen LogP contribution in [0.1, 0.15) is 15.9 Å². The smallest absolute Gasteiger partial charge is 0.251 e. The zero-order chi connectivity index (χ0) is 10.0. The van der Waals surface area contributed by atoms with E-state index < -0.39 is 11.7 Å². The number of halogens is 1. The Kier molecular flexibility index (Phi) is 2.51. The van der Waals surface area contributed by atoms with E-state index in [-0.39, 0.29) is 5.56 Å². The molecule has 0 fully saturated rings. The van der Waals surface area contributed by atoms with E-state index >= 15 is 0 Å². The molecule has 0 aromatic heterocycles. The molecule has 3 nitrogen and oxygen atoms in total. The van der Waals surface area contributed by atoms with Gasteiger partial charge in [-0.2, -0.15) is 0 Å². The maximum absolute atomic E-state index is 13.1. The molecule has 0 aliphatic rings. The van der Waals surface area contributed by atoms with Crippen molar-refractivity contribution < 1.29 is 13.9 Å². The minimum Gasteiger partial charge on any atom is -0.496 e. The van der Waals surface area contributed by atoms with Crippen LogP contribution in [0.2, 0.25) is 0 Å². The molecule has 1 aromatic rings. The predicted octanol–water partition coefficient (Wildman–Crippen LogP) is 1.24. The van der Waals surface area contributed by atoms with Crippen LogP contribution in [0.4, 0.5) is 4.39 Å². The Labute approximate surface area is 75.3 Å². The summed E-state index contributed by atoms with van der Waals surface area (Å²) in [7, 11) is 1.44. The van der Waals surface area contributed by atoms with Gasteiger partial charge in [-0.05, 0) is 18.6 Å². The van der Waals surface area contributed by atoms with Crippen LogP contribution in [-0.4, -0.2) is 13.0 Å². The van der Waals surface area contributed by atoms with Gasteiger partial charge in [0.1, 0.15) is 11.6 Å². The molecule has 13 heavy (non-hydrogen) atoms. The second-order valence-electron chi connectivity index (χ2n) is 2.67. The third-order valence-corrected chi connectivity index (χ3v) is 1.75. The third-order valence-electron chi connectivity index (χ3n) is 1.75. The van der Waals surface area contributed by atoms with Gasteiger partial charge in [0.15, 0.2) is 0 Å². The molecule has 1 rings (SSSR count). The van der Waals surface area contributed by atoms with Crippen molar-refractivity contribution in [3.05, 3.63) is 29.1 Å². The summed E-state index contributed by atoms with van der Waals surface area (Å²) in [6.07, 6.45) is 0. The second-order valence-corrected chi connectivity index (χ2v) is 2.67. The first-order valence-corrected chi connectivity index (χ1v) is 3.70. The first-order valence-electron chi connectivity index (χ1n) is 3.70. The van der Waals surface area contributed by atoms with Crippen LogP contribution >= 0.6 is 0 Å². The number of primary amides is 1. The van der Waals surface area contributed by atoms with E-state index in [1.165, 1.54) is 13.2 Å². The fourth-order valence-electron chi connectivity index (χ4n) is 1.07. The molecular weight excluding hydrogens is 173 g/mol. The molecule has 0 atom stereocenters. The second kappa shape index (κ2) is 3.43. The normalized spacial score (nSPS) is 9.77. The number of hydrogen-bond acceptors (Lipinski definition) is 2. The van der Waals surface area contributed by atoms with Crippen molar-refractivity contribution in [2.45, 2.75) is 6.92 Å². The summed E-state index contributed by atoms with van der Waals surface area (Å²) in [5.41, 5.74) is 5.52. The highest BCUT2D eigenvalue weighted by Gasteiger charge is 2.11. The number of hydrogen-bond donors (Lipinski definition) is 1. The summed E-state index contributed by atoms with van der Waals surface area (Å²) in [5.74, 6) is -1.03. The summed E-state index contributed by atoms with van der Waals surface area (Å²) in [4.78, 5) is 10.7. The topological polar surface area (TPSA) is 52.3 Å². The fourth-order valence-corrected chi connectivity index (χ4v) is 1.07. The van der Waals surface area contributed by atoms with Crippen molar-refractivity contribution in [1.82, 2.24) is 0 Å². The first kappa shape index (κ1) is 9.51. The van der Waals surface area contributed by atoms with Crippen molar-refractivity contribution >= 4 is 5.91 Å². The molecule has 0 aliphatic heterocycles. The van der Waals surface area contributed by atoms with Crippen LogP contribution in [0, 0.1) is 12.7 Å². The SMILES string of the molecule is COc1cc(F)c(C(N)=O)cc1C. The molecule has 0 bridgehead atoms. The van der Waals surface area contributed by atoms with Gasteiger partial charge in [-0.25, -0.2) is 4.39 Å². The van der Waals surface area contributed by atoms with Crippen molar-refractivity contribution in [2.75, 3.05) is 7.11 Å². The summed E-state index contributed by atoms with van der Waals surface area (Å²) in [6, 6.07) is 2.52. The van der Waals surface area contributed by atoms with Gasteiger partial charge >= 0.3 is 0 Å². The number of aryl methyl sites for hydroxylation is 1. The van der Waals surface area contributed by atoms with Gasteiger partial charge in [0.2, 0.25) is 0 Å². The lowest BCUT2D eigenvalue weighted by Crippen LogP contribution is -2.13. The molecule has 1 aromatic carbocycles. The average Bonchev–Trinajstić information content (AvgIpc) is 2.07. The Morgan fingerprint density at radius 2 is 2.15 bits per heavy atom. The van der Waals surface area contributed by atoms with Crippen molar-refractivity contribution in [1.29, 1.82) is 0 Å². The molecule has 0 saturated carbocycles. The van der Waals surface area contributed by atoms with Crippen molar-refractivity contribution in [2.24, 2.45) is 5.73 Å².